The quantitative estimate of drug-likeness (QED) is 0.458. The summed E-state index contributed by atoms with van der Waals surface area (Å²) in [6.45, 7) is 2.69. The third-order valence-corrected chi connectivity index (χ3v) is 1.65. The minimum Gasteiger partial charge on any atom is -0.300 e. The van der Waals surface area contributed by atoms with Gasteiger partial charge >= 0.3 is 0 Å². The van der Waals surface area contributed by atoms with E-state index in [4.69, 9.17) is 0 Å². The van der Waals surface area contributed by atoms with Gasteiger partial charge < -0.3 is 4.79 Å². The van der Waals surface area contributed by atoms with Gasteiger partial charge in [-0.15, -0.1) is 0 Å². The number of carbonyl (C=O) groups excluding carboxylic acids is 2. The molecule has 1 unspecified atom stereocenters. The Hall–Kier alpha value is -1.26. The van der Waals surface area contributed by atoms with Crippen molar-refractivity contribution >= 4 is 11.6 Å². The molecule has 0 aliphatic heterocycles. The van der Waals surface area contributed by atoms with Gasteiger partial charge in [-0.1, -0.05) is 0 Å². The van der Waals surface area contributed by atoms with Gasteiger partial charge in [0.15, 0.2) is 0 Å². The van der Waals surface area contributed by atoms with E-state index in [1.807, 2.05) is 0 Å². The Balaban J connectivity index is 4.02. The lowest BCUT2D eigenvalue weighted by molar-refractivity contribution is -0.522. The zero-order valence-electron chi connectivity index (χ0n) is 7.78. The van der Waals surface area contributed by atoms with Crippen molar-refractivity contribution in [2.75, 3.05) is 0 Å². The summed E-state index contributed by atoms with van der Waals surface area (Å²) in [5.41, 5.74) is 0. The molecule has 0 heterocycles. The van der Waals surface area contributed by atoms with Gasteiger partial charge in [-0.25, -0.2) is 0 Å². The molecular weight excluding hydrogens is 174 g/mol. The number of Topliss-reactive ketones (excluding diaryl/α,β-unsaturated/α-hetero) is 2. The van der Waals surface area contributed by atoms with Gasteiger partial charge in [-0.05, 0) is 13.8 Å². The van der Waals surface area contributed by atoms with Gasteiger partial charge in [0.25, 0.3) is 0 Å². The highest BCUT2D eigenvalue weighted by molar-refractivity contribution is 5.77. The van der Waals surface area contributed by atoms with Crippen LogP contribution in [-0.4, -0.2) is 22.5 Å². The van der Waals surface area contributed by atoms with Crippen LogP contribution in [0.1, 0.15) is 33.1 Å². The van der Waals surface area contributed by atoms with Crippen LogP contribution in [0.5, 0.6) is 0 Å². The standard InChI is InChI=1S/C8H13NO4/c1-6(10)3-4-8(9(12)13)5-7(2)11/h8H,3-5H2,1-2H3. The SMILES string of the molecule is CC(=O)CCC(CC(C)=O)[N+](=O)[O-]. The zero-order valence-corrected chi connectivity index (χ0v) is 7.78. The third-order valence-electron chi connectivity index (χ3n) is 1.65. The highest BCUT2D eigenvalue weighted by atomic mass is 16.6. The van der Waals surface area contributed by atoms with Crippen LogP contribution >= 0.6 is 0 Å². The summed E-state index contributed by atoms with van der Waals surface area (Å²) in [7, 11) is 0. The van der Waals surface area contributed by atoms with E-state index in [0.717, 1.165) is 0 Å². The Bertz CT molecular complexity index is 224. The number of nitrogens with zero attached hydrogens (tertiary/aromatic N) is 1. The van der Waals surface area contributed by atoms with E-state index >= 15 is 0 Å². The molecule has 0 N–H and O–H groups in total. The number of rotatable bonds is 6. The lowest BCUT2D eigenvalue weighted by Crippen LogP contribution is -2.22. The maximum absolute atomic E-state index is 10.6. The molecule has 0 radical (unpaired) electrons. The Morgan fingerprint density at radius 1 is 1.31 bits per heavy atom. The van der Waals surface area contributed by atoms with Crippen molar-refractivity contribution in [3.05, 3.63) is 10.1 Å². The molecule has 5 heteroatoms. The summed E-state index contributed by atoms with van der Waals surface area (Å²) in [5, 5.41) is 10.4. The van der Waals surface area contributed by atoms with E-state index < -0.39 is 11.0 Å². The van der Waals surface area contributed by atoms with Crippen LogP contribution in [0.3, 0.4) is 0 Å². The molecule has 74 valence electrons. The molecular formula is C8H13NO4. The molecule has 0 aromatic carbocycles. The molecule has 1 atom stereocenters. The molecule has 0 fully saturated rings. The molecule has 0 aliphatic rings. The number of ketones is 2. The summed E-state index contributed by atoms with van der Waals surface area (Å²) in [5.74, 6) is -0.305. The second-order valence-corrected chi connectivity index (χ2v) is 3.09. The van der Waals surface area contributed by atoms with Crippen molar-refractivity contribution in [2.45, 2.75) is 39.2 Å². The molecule has 13 heavy (non-hydrogen) atoms. The van der Waals surface area contributed by atoms with Crippen molar-refractivity contribution in [3.8, 4) is 0 Å². The molecule has 0 aromatic heterocycles. The minimum absolute atomic E-state index is 0.0831. The van der Waals surface area contributed by atoms with Crippen LogP contribution in [0.25, 0.3) is 0 Å². The molecule has 0 aromatic rings. The van der Waals surface area contributed by atoms with Gasteiger partial charge in [0.1, 0.15) is 11.6 Å². The van der Waals surface area contributed by atoms with Gasteiger partial charge in [0.2, 0.25) is 6.04 Å². The summed E-state index contributed by atoms with van der Waals surface area (Å²) >= 11 is 0. The van der Waals surface area contributed by atoms with E-state index in [-0.39, 0.29) is 30.8 Å². The van der Waals surface area contributed by atoms with Crippen LogP contribution < -0.4 is 0 Å². The topological polar surface area (TPSA) is 77.3 Å². The van der Waals surface area contributed by atoms with E-state index in [9.17, 15) is 19.7 Å². The average Bonchev–Trinajstić information content (AvgIpc) is 1.96. The molecule has 0 amide bonds. The molecule has 0 aliphatic carbocycles. The van der Waals surface area contributed by atoms with E-state index in [0.29, 0.717) is 0 Å². The van der Waals surface area contributed by atoms with Crippen molar-refractivity contribution in [1.29, 1.82) is 0 Å². The lowest BCUT2D eigenvalue weighted by Gasteiger charge is -2.05. The van der Waals surface area contributed by atoms with Crippen molar-refractivity contribution in [2.24, 2.45) is 0 Å². The van der Waals surface area contributed by atoms with E-state index in [1.165, 1.54) is 13.8 Å². The van der Waals surface area contributed by atoms with E-state index in [2.05, 4.69) is 0 Å². The van der Waals surface area contributed by atoms with Crippen LogP contribution in [-0.2, 0) is 9.59 Å². The molecule has 0 rings (SSSR count). The Morgan fingerprint density at radius 2 is 1.85 bits per heavy atom. The number of hydrogen-bond donors (Lipinski definition) is 0. The first kappa shape index (κ1) is 11.7. The van der Waals surface area contributed by atoms with Crippen LogP contribution in [0.15, 0.2) is 0 Å². The lowest BCUT2D eigenvalue weighted by atomic mass is 10.1. The summed E-state index contributed by atoms with van der Waals surface area (Å²) in [4.78, 5) is 31.1. The fourth-order valence-corrected chi connectivity index (χ4v) is 0.984. The fraction of sp³-hybridized carbons (Fsp3) is 0.750. The minimum atomic E-state index is -0.901. The Morgan fingerprint density at radius 3 is 2.15 bits per heavy atom. The van der Waals surface area contributed by atoms with Crippen molar-refractivity contribution in [1.82, 2.24) is 0 Å². The normalized spacial score (nSPS) is 12.2. The molecule has 0 saturated heterocycles. The number of carbonyl (C=O) groups is 2. The maximum Gasteiger partial charge on any atom is 0.220 e. The fourth-order valence-electron chi connectivity index (χ4n) is 0.984. The Kier molecular flexibility index (Phi) is 4.87. The second-order valence-electron chi connectivity index (χ2n) is 3.09. The predicted octanol–water partition coefficient (Wildman–Crippen LogP) is 0.980. The van der Waals surface area contributed by atoms with E-state index in [1.54, 1.807) is 0 Å². The molecule has 5 nitrogen and oxygen atoms in total. The first-order chi connectivity index (χ1) is 5.93. The smallest absolute Gasteiger partial charge is 0.220 e. The highest BCUT2D eigenvalue weighted by Crippen LogP contribution is 2.06. The van der Waals surface area contributed by atoms with Crippen LogP contribution in [0.2, 0.25) is 0 Å². The summed E-state index contributed by atoms with van der Waals surface area (Å²) < 4.78 is 0. The highest BCUT2D eigenvalue weighted by Gasteiger charge is 2.22. The summed E-state index contributed by atoms with van der Waals surface area (Å²) in [6.07, 6.45) is 0.237. The number of nitro groups is 1. The van der Waals surface area contributed by atoms with Gasteiger partial charge in [-0.2, -0.15) is 0 Å². The van der Waals surface area contributed by atoms with Gasteiger partial charge in [-0.3, -0.25) is 14.9 Å². The maximum atomic E-state index is 10.6. The van der Waals surface area contributed by atoms with Crippen LogP contribution in [0.4, 0.5) is 0 Å². The van der Waals surface area contributed by atoms with Crippen LogP contribution in [0, 0.1) is 10.1 Å². The third kappa shape index (κ3) is 5.95. The van der Waals surface area contributed by atoms with Crippen molar-refractivity contribution in [3.63, 3.8) is 0 Å². The molecule has 0 saturated carbocycles. The first-order valence-electron chi connectivity index (χ1n) is 4.06. The predicted molar refractivity (Wildman–Crippen MR) is 46.0 cm³/mol. The average molecular weight is 187 g/mol. The molecule has 0 spiro atoms. The second kappa shape index (κ2) is 5.40. The first-order valence-corrected chi connectivity index (χ1v) is 4.06. The van der Waals surface area contributed by atoms with Gasteiger partial charge in [0.05, 0.1) is 6.42 Å². The number of hydrogen-bond acceptors (Lipinski definition) is 4. The summed E-state index contributed by atoms with van der Waals surface area (Å²) in [6, 6.07) is -0.901. The monoisotopic (exact) mass is 187 g/mol. The van der Waals surface area contributed by atoms with Crippen molar-refractivity contribution < 1.29 is 14.5 Å². The zero-order chi connectivity index (χ0) is 10.4. The Labute approximate surface area is 76.3 Å². The van der Waals surface area contributed by atoms with Gasteiger partial charge in [0, 0.05) is 17.8 Å². The molecule has 0 bridgehead atoms. The largest absolute Gasteiger partial charge is 0.300 e.